The fourth-order valence-electron chi connectivity index (χ4n) is 1.75. The highest BCUT2D eigenvalue weighted by Crippen LogP contribution is 2.16. The maximum Gasteiger partial charge on any atom is 0.239 e. The van der Waals surface area contributed by atoms with E-state index in [0.29, 0.717) is 12.0 Å². The van der Waals surface area contributed by atoms with Crippen LogP contribution in [0.2, 0.25) is 0 Å². The molecule has 5 nitrogen and oxygen atoms in total. The van der Waals surface area contributed by atoms with Gasteiger partial charge in [-0.25, -0.2) is 10.8 Å². The molecule has 5 heteroatoms. The molecule has 0 amide bonds. The van der Waals surface area contributed by atoms with Gasteiger partial charge in [0.15, 0.2) is 0 Å². The molecule has 0 saturated heterocycles. The van der Waals surface area contributed by atoms with E-state index < -0.39 is 0 Å². The van der Waals surface area contributed by atoms with Gasteiger partial charge in [0.25, 0.3) is 0 Å². The largest absolute Gasteiger partial charge is 0.354 e. The van der Waals surface area contributed by atoms with Crippen LogP contribution in [0.1, 0.15) is 40.0 Å². The van der Waals surface area contributed by atoms with E-state index in [1.165, 1.54) is 19.3 Å². The van der Waals surface area contributed by atoms with E-state index in [1.54, 1.807) is 6.20 Å². The summed E-state index contributed by atoms with van der Waals surface area (Å²) >= 11 is 0. The van der Waals surface area contributed by atoms with Crippen molar-refractivity contribution in [3.05, 3.63) is 12.3 Å². The van der Waals surface area contributed by atoms with Gasteiger partial charge in [-0.2, -0.15) is 4.98 Å². The summed E-state index contributed by atoms with van der Waals surface area (Å²) in [5.74, 6) is 6.71. The van der Waals surface area contributed by atoms with E-state index >= 15 is 0 Å². The summed E-state index contributed by atoms with van der Waals surface area (Å²) in [5.41, 5.74) is 2.48. The third-order valence-electron chi connectivity index (χ3n) is 2.69. The van der Waals surface area contributed by atoms with E-state index in [0.717, 1.165) is 12.4 Å². The van der Waals surface area contributed by atoms with E-state index in [-0.39, 0.29) is 0 Å². The van der Waals surface area contributed by atoms with Crippen LogP contribution in [0.3, 0.4) is 0 Å². The Hall–Kier alpha value is -1.36. The maximum absolute atomic E-state index is 5.32. The van der Waals surface area contributed by atoms with Crippen molar-refractivity contribution in [1.82, 2.24) is 9.97 Å². The lowest BCUT2D eigenvalue weighted by Crippen LogP contribution is -2.32. The lowest BCUT2D eigenvalue weighted by molar-refractivity contribution is 0.619. The number of nitrogens with two attached hydrogens (primary N) is 1. The quantitative estimate of drug-likeness (QED) is 0.432. The van der Waals surface area contributed by atoms with Gasteiger partial charge in [-0.1, -0.05) is 19.8 Å². The van der Waals surface area contributed by atoms with Gasteiger partial charge in [-0.15, -0.1) is 0 Å². The summed E-state index contributed by atoms with van der Waals surface area (Å²) in [7, 11) is 0. The van der Waals surface area contributed by atoms with Crippen molar-refractivity contribution in [1.29, 1.82) is 0 Å². The molecular formula is C12H23N5. The van der Waals surface area contributed by atoms with Gasteiger partial charge in [-0.3, -0.25) is 5.43 Å². The number of aromatic nitrogens is 2. The average molecular weight is 237 g/mol. The van der Waals surface area contributed by atoms with Gasteiger partial charge in [0, 0.05) is 18.8 Å². The van der Waals surface area contributed by atoms with Crippen molar-refractivity contribution in [2.75, 3.05) is 16.9 Å². The molecule has 96 valence electrons. The van der Waals surface area contributed by atoms with Crippen LogP contribution in [0.4, 0.5) is 11.8 Å². The van der Waals surface area contributed by atoms with Crippen molar-refractivity contribution in [3.8, 4) is 0 Å². The number of nitrogens with one attached hydrogen (secondary N) is 1. The van der Waals surface area contributed by atoms with Crippen LogP contribution in [0, 0.1) is 0 Å². The number of hydrogen-bond acceptors (Lipinski definition) is 5. The Morgan fingerprint density at radius 2 is 2.18 bits per heavy atom. The molecule has 0 atom stereocenters. The molecule has 0 aliphatic heterocycles. The SMILES string of the molecule is CCCCCN(c1ccnc(NN)n1)C(C)C. The first-order valence-electron chi connectivity index (χ1n) is 6.25. The molecule has 1 rings (SSSR count). The fraction of sp³-hybridized carbons (Fsp3) is 0.667. The summed E-state index contributed by atoms with van der Waals surface area (Å²) < 4.78 is 0. The topological polar surface area (TPSA) is 67.1 Å². The van der Waals surface area contributed by atoms with Crippen molar-refractivity contribution in [2.45, 2.75) is 46.1 Å². The lowest BCUT2D eigenvalue weighted by atomic mass is 10.2. The third kappa shape index (κ3) is 4.19. The minimum Gasteiger partial charge on any atom is -0.354 e. The summed E-state index contributed by atoms with van der Waals surface area (Å²) in [6.07, 6.45) is 5.39. The normalized spacial score (nSPS) is 10.6. The minimum atomic E-state index is 0.424. The van der Waals surface area contributed by atoms with Gasteiger partial charge < -0.3 is 4.90 Å². The molecule has 1 aromatic heterocycles. The number of hydrogen-bond donors (Lipinski definition) is 2. The molecule has 0 aromatic carbocycles. The predicted octanol–water partition coefficient (Wildman–Crippen LogP) is 2.17. The zero-order valence-corrected chi connectivity index (χ0v) is 11.0. The number of hydrazine groups is 1. The molecule has 17 heavy (non-hydrogen) atoms. The van der Waals surface area contributed by atoms with E-state index in [4.69, 9.17) is 5.84 Å². The molecule has 0 unspecified atom stereocenters. The molecule has 0 spiro atoms. The van der Waals surface area contributed by atoms with Crippen LogP contribution in [0.25, 0.3) is 0 Å². The Bertz CT molecular complexity index is 326. The highest BCUT2D eigenvalue weighted by molar-refractivity contribution is 5.42. The van der Waals surface area contributed by atoms with Gasteiger partial charge in [0.1, 0.15) is 5.82 Å². The van der Waals surface area contributed by atoms with E-state index in [9.17, 15) is 0 Å². The molecule has 0 aliphatic carbocycles. The number of nitrogen functional groups attached to an aromatic ring is 1. The van der Waals surface area contributed by atoms with Crippen molar-refractivity contribution in [2.24, 2.45) is 5.84 Å². The van der Waals surface area contributed by atoms with Crippen molar-refractivity contribution < 1.29 is 0 Å². The predicted molar refractivity (Wildman–Crippen MR) is 71.8 cm³/mol. The molecule has 1 aromatic rings. The van der Waals surface area contributed by atoms with E-state index in [2.05, 4.69) is 41.1 Å². The molecule has 0 aliphatic rings. The molecule has 0 fully saturated rings. The molecule has 1 heterocycles. The van der Waals surface area contributed by atoms with Gasteiger partial charge in [-0.05, 0) is 26.3 Å². The van der Waals surface area contributed by atoms with Crippen molar-refractivity contribution >= 4 is 11.8 Å². The Balaban J connectivity index is 2.74. The fourth-order valence-corrected chi connectivity index (χ4v) is 1.75. The van der Waals surface area contributed by atoms with Crippen molar-refractivity contribution in [3.63, 3.8) is 0 Å². The maximum atomic E-state index is 5.32. The van der Waals surface area contributed by atoms with Crippen LogP contribution in [0.15, 0.2) is 12.3 Å². The third-order valence-corrected chi connectivity index (χ3v) is 2.69. The first-order valence-corrected chi connectivity index (χ1v) is 6.25. The highest BCUT2D eigenvalue weighted by Gasteiger charge is 2.11. The summed E-state index contributed by atoms with van der Waals surface area (Å²) in [5, 5.41) is 0. The first-order chi connectivity index (χ1) is 8.19. The Morgan fingerprint density at radius 1 is 1.41 bits per heavy atom. The van der Waals surface area contributed by atoms with Crippen LogP contribution in [-0.4, -0.2) is 22.6 Å². The molecule has 0 saturated carbocycles. The van der Waals surface area contributed by atoms with Crippen LogP contribution in [-0.2, 0) is 0 Å². The number of nitrogens with zero attached hydrogens (tertiary/aromatic N) is 3. The van der Waals surface area contributed by atoms with Crippen LogP contribution in [0.5, 0.6) is 0 Å². The lowest BCUT2D eigenvalue weighted by Gasteiger charge is -2.27. The minimum absolute atomic E-state index is 0.424. The van der Waals surface area contributed by atoms with Gasteiger partial charge in [0.05, 0.1) is 0 Å². The number of anilines is 2. The Kier molecular flexibility index (Phi) is 5.69. The summed E-state index contributed by atoms with van der Waals surface area (Å²) in [6.45, 7) is 7.57. The monoisotopic (exact) mass is 237 g/mol. The highest BCUT2D eigenvalue weighted by atomic mass is 15.3. The van der Waals surface area contributed by atoms with Gasteiger partial charge in [0.2, 0.25) is 5.95 Å². The zero-order chi connectivity index (χ0) is 12.7. The Morgan fingerprint density at radius 3 is 2.76 bits per heavy atom. The summed E-state index contributed by atoms with van der Waals surface area (Å²) in [4.78, 5) is 10.7. The van der Waals surface area contributed by atoms with Crippen LogP contribution < -0.4 is 16.2 Å². The standard InChI is InChI=1S/C12H23N5/c1-4-5-6-9-17(10(2)3)11-7-8-14-12(15-11)16-13/h7-8,10H,4-6,9,13H2,1-3H3,(H,14,15,16). The molecule has 3 N–H and O–H groups in total. The number of unbranched alkanes of at least 4 members (excludes halogenated alkanes) is 2. The second-order valence-electron chi connectivity index (χ2n) is 4.38. The molecule has 0 radical (unpaired) electrons. The van der Waals surface area contributed by atoms with E-state index in [1.807, 2.05) is 6.07 Å². The van der Waals surface area contributed by atoms with Crippen LogP contribution >= 0.6 is 0 Å². The second-order valence-corrected chi connectivity index (χ2v) is 4.38. The Labute approximate surface area is 103 Å². The van der Waals surface area contributed by atoms with Gasteiger partial charge >= 0.3 is 0 Å². The zero-order valence-electron chi connectivity index (χ0n) is 11.0. The molecular weight excluding hydrogens is 214 g/mol. The smallest absolute Gasteiger partial charge is 0.239 e. The summed E-state index contributed by atoms with van der Waals surface area (Å²) in [6, 6.07) is 2.35. The second kappa shape index (κ2) is 7.06. The average Bonchev–Trinajstić information content (AvgIpc) is 2.34. The first kappa shape index (κ1) is 13.7. The molecule has 0 bridgehead atoms. The number of rotatable bonds is 7.